The van der Waals surface area contributed by atoms with Gasteiger partial charge in [0, 0.05) is 0 Å². The van der Waals surface area contributed by atoms with Gasteiger partial charge in [0.1, 0.15) is 26.4 Å². The van der Waals surface area contributed by atoms with Crippen LogP contribution in [0.2, 0.25) is 0 Å². The van der Waals surface area contributed by atoms with Crippen molar-refractivity contribution < 1.29 is 56.8 Å². The molecule has 0 radical (unpaired) electrons. The lowest BCUT2D eigenvalue weighted by molar-refractivity contribution is -0.00840. The first-order valence-electron chi connectivity index (χ1n) is 27.0. The maximum Gasteiger partial charge on any atom is 0.161 e. The molecule has 3 aromatic rings. The lowest BCUT2D eigenvalue weighted by atomic mass is 9.86. The van der Waals surface area contributed by atoms with E-state index in [4.69, 9.17) is 56.8 Å². The fourth-order valence-electron chi connectivity index (χ4n) is 8.99. The lowest BCUT2D eigenvalue weighted by Crippen LogP contribution is -2.16. The molecular formula is C56H90O12. The third kappa shape index (κ3) is 22.0. The minimum atomic E-state index is 0.386. The number of hydrogen-bond acceptors (Lipinski definition) is 12. The Bertz CT molecular complexity index is 1510. The Labute approximate surface area is 409 Å². The van der Waals surface area contributed by atoms with Crippen LogP contribution in [0.4, 0.5) is 0 Å². The summed E-state index contributed by atoms with van der Waals surface area (Å²) in [4.78, 5) is 0. The third-order valence-corrected chi connectivity index (χ3v) is 12.7. The standard InChI is InChI=1S/C56H90O12/c1-3-5-7-9-11-13-15-17-19-21-47-49-43-53-55(67-41-37-63-33-29-59-25-23-57-27-31-61-35-39-65-53)45-51(49)48(22-20-18-16-14-12-10-8-6-4-2)52-46-56-54(44-50(47)52)66-40-36-62-32-28-58-24-26-60-30-34-64-38-42-68-56/h43-46H,3-42H2,1-2H3. The van der Waals surface area contributed by atoms with Crippen LogP contribution in [-0.4, -0.2) is 132 Å². The van der Waals surface area contributed by atoms with Crippen molar-refractivity contribution in [1.29, 1.82) is 0 Å². The van der Waals surface area contributed by atoms with Gasteiger partial charge >= 0.3 is 0 Å². The van der Waals surface area contributed by atoms with Crippen LogP contribution in [-0.2, 0) is 50.7 Å². The minimum absolute atomic E-state index is 0.386. The lowest BCUT2D eigenvalue weighted by Gasteiger charge is -2.22. The van der Waals surface area contributed by atoms with Gasteiger partial charge in [-0.1, -0.05) is 117 Å². The largest absolute Gasteiger partial charge is 0.487 e. The van der Waals surface area contributed by atoms with E-state index in [1.54, 1.807) is 0 Å². The van der Waals surface area contributed by atoms with Gasteiger partial charge in [-0.3, -0.25) is 0 Å². The van der Waals surface area contributed by atoms with Crippen molar-refractivity contribution in [2.75, 3.05) is 132 Å². The molecule has 0 fully saturated rings. The van der Waals surface area contributed by atoms with Crippen molar-refractivity contribution in [3.8, 4) is 23.0 Å². The van der Waals surface area contributed by atoms with Crippen molar-refractivity contribution in [1.82, 2.24) is 0 Å². The van der Waals surface area contributed by atoms with Crippen LogP contribution in [0.15, 0.2) is 24.3 Å². The van der Waals surface area contributed by atoms with Gasteiger partial charge in [-0.15, -0.1) is 0 Å². The summed E-state index contributed by atoms with van der Waals surface area (Å²) in [6.45, 7) is 13.9. The van der Waals surface area contributed by atoms with Crippen molar-refractivity contribution in [2.45, 2.75) is 142 Å². The zero-order valence-corrected chi connectivity index (χ0v) is 42.5. The van der Waals surface area contributed by atoms with Crippen LogP contribution >= 0.6 is 0 Å². The molecule has 0 bridgehead atoms. The summed E-state index contributed by atoms with van der Waals surface area (Å²) in [6.07, 6.45) is 24.7. The van der Waals surface area contributed by atoms with Gasteiger partial charge in [0.25, 0.3) is 0 Å². The zero-order chi connectivity index (χ0) is 47.4. The fourth-order valence-corrected chi connectivity index (χ4v) is 8.99. The Balaban J connectivity index is 1.54. The summed E-state index contributed by atoms with van der Waals surface area (Å²) in [5.74, 6) is 2.86. The highest BCUT2D eigenvalue weighted by Gasteiger charge is 2.21. The van der Waals surface area contributed by atoms with E-state index >= 15 is 0 Å². The van der Waals surface area contributed by atoms with Gasteiger partial charge in [0.05, 0.1) is 106 Å². The molecule has 2 aliphatic heterocycles. The fraction of sp³-hybridized carbons (Fsp3) is 0.750. The van der Waals surface area contributed by atoms with Gasteiger partial charge in [0.2, 0.25) is 0 Å². The average Bonchev–Trinajstić information content (AvgIpc) is 3.35. The Morgan fingerprint density at radius 3 is 0.662 bits per heavy atom. The quantitative estimate of drug-likeness (QED) is 0.0794. The first-order valence-corrected chi connectivity index (χ1v) is 27.0. The molecule has 68 heavy (non-hydrogen) atoms. The minimum Gasteiger partial charge on any atom is -0.487 e. The predicted molar refractivity (Wildman–Crippen MR) is 272 cm³/mol. The van der Waals surface area contributed by atoms with Crippen molar-refractivity contribution in [3.05, 3.63) is 35.4 Å². The molecule has 0 saturated carbocycles. The Morgan fingerprint density at radius 1 is 0.250 bits per heavy atom. The van der Waals surface area contributed by atoms with Crippen LogP contribution in [0.3, 0.4) is 0 Å². The van der Waals surface area contributed by atoms with E-state index in [0.29, 0.717) is 155 Å². The molecule has 12 heteroatoms. The first kappa shape index (κ1) is 56.0. The normalized spacial score (nSPS) is 17.6. The molecule has 5 rings (SSSR count). The summed E-state index contributed by atoms with van der Waals surface area (Å²) in [7, 11) is 0. The van der Waals surface area contributed by atoms with E-state index in [2.05, 4.69) is 38.1 Å². The molecule has 0 amide bonds. The van der Waals surface area contributed by atoms with Crippen molar-refractivity contribution in [3.63, 3.8) is 0 Å². The predicted octanol–water partition coefficient (Wildman–Crippen LogP) is 11.8. The maximum absolute atomic E-state index is 6.59. The van der Waals surface area contributed by atoms with Gasteiger partial charge < -0.3 is 56.8 Å². The summed E-state index contributed by atoms with van der Waals surface area (Å²) in [5, 5.41) is 4.82. The monoisotopic (exact) mass is 955 g/mol. The molecule has 0 atom stereocenters. The number of aryl methyl sites for hydroxylation is 2. The van der Waals surface area contributed by atoms with Gasteiger partial charge in [-0.25, -0.2) is 0 Å². The number of hydrogen-bond donors (Lipinski definition) is 0. The SMILES string of the molecule is CCCCCCCCCCCc1c2cc3c(cc2c(CCCCCCCCCCC)c2cc4c(cc12)OCCOCCOCCOCCOCCO4)OCCOCCOCCOCCOCCO3. The van der Waals surface area contributed by atoms with E-state index in [0.717, 1.165) is 25.7 Å². The van der Waals surface area contributed by atoms with Crippen molar-refractivity contribution >= 4 is 21.5 Å². The first-order chi connectivity index (χ1) is 33.8. The molecule has 386 valence electrons. The van der Waals surface area contributed by atoms with Crippen LogP contribution < -0.4 is 18.9 Å². The second kappa shape index (κ2) is 36.9. The molecule has 0 aromatic heterocycles. The molecule has 12 nitrogen and oxygen atoms in total. The topological polar surface area (TPSA) is 111 Å². The molecular weight excluding hydrogens is 865 g/mol. The number of rotatable bonds is 20. The van der Waals surface area contributed by atoms with E-state index < -0.39 is 0 Å². The molecule has 0 unspecified atom stereocenters. The van der Waals surface area contributed by atoms with E-state index in [9.17, 15) is 0 Å². The number of fused-ring (bicyclic) bond motifs is 4. The Kier molecular flexibility index (Phi) is 30.4. The number of unbranched alkanes of at least 4 members (excludes halogenated alkanes) is 16. The average molecular weight is 955 g/mol. The molecule has 0 N–H and O–H groups in total. The summed E-state index contributed by atoms with van der Waals surface area (Å²) in [5.41, 5.74) is 2.61. The Hall–Kier alpha value is -2.94. The summed E-state index contributed by atoms with van der Waals surface area (Å²) in [6, 6.07) is 8.94. The second-order valence-electron chi connectivity index (χ2n) is 18.1. The maximum atomic E-state index is 6.59. The highest BCUT2D eigenvalue weighted by atomic mass is 16.6. The van der Waals surface area contributed by atoms with Gasteiger partial charge in [-0.2, -0.15) is 0 Å². The molecule has 2 heterocycles. The van der Waals surface area contributed by atoms with E-state index in [1.807, 2.05) is 0 Å². The van der Waals surface area contributed by atoms with Crippen LogP contribution in [0, 0.1) is 0 Å². The molecule has 3 aromatic carbocycles. The van der Waals surface area contributed by atoms with E-state index in [-0.39, 0.29) is 0 Å². The molecule has 0 saturated heterocycles. The molecule has 0 aliphatic carbocycles. The highest BCUT2D eigenvalue weighted by molar-refractivity contribution is 6.08. The van der Waals surface area contributed by atoms with Gasteiger partial charge in [0.15, 0.2) is 23.0 Å². The zero-order valence-electron chi connectivity index (χ0n) is 42.5. The van der Waals surface area contributed by atoms with Crippen LogP contribution in [0.25, 0.3) is 21.5 Å². The molecule has 2 aliphatic rings. The van der Waals surface area contributed by atoms with E-state index in [1.165, 1.54) is 135 Å². The van der Waals surface area contributed by atoms with Crippen LogP contribution in [0.1, 0.15) is 141 Å². The summed E-state index contributed by atoms with van der Waals surface area (Å²) >= 11 is 0. The second-order valence-corrected chi connectivity index (χ2v) is 18.1. The molecule has 0 spiro atoms. The Morgan fingerprint density at radius 2 is 0.441 bits per heavy atom. The van der Waals surface area contributed by atoms with Crippen LogP contribution in [0.5, 0.6) is 23.0 Å². The highest BCUT2D eigenvalue weighted by Crippen LogP contribution is 2.44. The van der Waals surface area contributed by atoms with Crippen molar-refractivity contribution in [2.24, 2.45) is 0 Å². The summed E-state index contributed by atoms with van der Waals surface area (Å²) < 4.78 is 72.8. The third-order valence-electron chi connectivity index (χ3n) is 12.7. The number of benzene rings is 3. The smallest absolute Gasteiger partial charge is 0.161 e. The number of ether oxygens (including phenoxy) is 12. The van der Waals surface area contributed by atoms with Gasteiger partial charge in [-0.05, 0) is 82.6 Å².